The minimum Gasteiger partial charge on any atom is -0.381 e. The van der Waals surface area contributed by atoms with Crippen LogP contribution < -0.4 is 0 Å². The zero-order chi connectivity index (χ0) is 19.8. The first-order chi connectivity index (χ1) is 14.2. The third kappa shape index (κ3) is 3.66. The lowest BCUT2D eigenvalue weighted by molar-refractivity contribution is -0.146. The molecule has 2 saturated heterocycles. The number of benzene rings is 1. The molecule has 5 rings (SSSR count). The van der Waals surface area contributed by atoms with E-state index in [9.17, 15) is 4.79 Å². The first kappa shape index (κ1) is 19.0. The maximum absolute atomic E-state index is 13.8. The summed E-state index contributed by atoms with van der Waals surface area (Å²) in [4.78, 5) is 20.6. The monoisotopic (exact) mass is 394 g/mol. The van der Waals surface area contributed by atoms with Crippen LogP contribution in [0.2, 0.25) is 0 Å². The first-order valence-electron chi connectivity index (χ1n) is 11.1. The molecule has 154 valence electrons. The van der Waals surface area contributed by atoms with Crippen molar-refractivity contribution in [2.75, 3.05) is 19.8 Å². The molecule has 1 aromatic heterocycles. The van der Waals surface area contributed by atoms with Gasteiger partial charge in [-0.15, -0.1) is 0 Å². The number of hydrogen-bond acceptors (Lipinski definition) is 4. The Morgan fingerprint density at radius 3 is 2.86 bits per heavy atom. The Kier molecular flexibility index (Phi) is 5.27. The molecule has 3 atom stereocenters. The van der Waals surface area contributed by atoms with Gasteiger partial charge in [0.15, 0.2) is 0 Å². The number of ether oxygens (including phenoxy) is 2. The molecule has 0 radical (unpaired) electrons. The quantitative estimate of drug-likeness (QED) is 0.790. The van der Waals surface area contributed by atoms with Gasteiger partial charge in [-0.05, 0) is 43.9 Å². The number of rotatable bonds is 4. The lowest BCUT2D eigenvalue weighted by Gasteiger charge is -2.34. The van der Waals surface area contributed by atoms with Crippen molar-refractivity contribution in [2.45, 2.75) is 57.7 Å². The smallest absolute Gasteiger partial charge is 0.252 e. The number of nitrogens with zero attached hydrogens (tertiary/aromatic N) is 2. The normalized spacial score (nSPS) is 27.3. The molecule has 2 aromatic rings. The Morgan fingerprint density at radius 1 is 1.17 bits per heavy atom. The summed E-state index contributed by atoms with van der Waals surface area (Å²) in [6, 6.07) is 10.7. The highest BCUT2D eigenvalue weighted by Crippen LogP contribution is 2.36. The Hall–Kier alpha value is -1.98. The third-order valence-corrected chi connectivity index (χ3v) is 6.97. The molecule has 1 aromatic carbocycles. The fourth-order valence-electron chi connectivity index (χ4n) is 5.46. The molecular formula is C24H30N2O3. The van der Waals surface area contributed by atoms with E-state index in [1.807, 2.05) is 13.0 Å². The molecule has 0 spiro atoms. The Morgan fingerprint density at radius 2 is 2.00 bits per heavy atom. The summed E-state index contributed by atoms with van der Waals surface area (Å²) in [6.45, 7) is 4.79. The van der Waals surface area contributed by atoms with Gasteiger partial charge in [0, 0.05) is 42.1 Å². The number of para-hydroxylation sites is 1. The molecular weight excluding hydrogens is 364 g/mol. The maximum Gasteiger partial charge on any atom is 0.252 e. The van der Waals surface area contributed by atoms with Gasteiger partial charge in [-0.2, -0.15) is 0 Å². The molecule has 1 aliphatic carbocycles. The molecule has 0 N–H and O–H groups in total. The van der Waals surface area contributed by atoms with Crippen LogP contribution in [0.5, 0.6) is 0 Å². The molecule has 2 aliphatic heterocycles. The molecule has 1 saturated carbocycles. The lowest BCUT2D eigenvalue weighted by Crippen LogP contribution is -2.47. The van der Waals surface area contributed by atoms with Gasteiger partial charge in [-0.1, -0.05) is 31.0 Å². The predicted octanol–water partition coefficient (Wildman–Crippen LogP) is 3.87. The van der Waals surface area contributed by atoms with Crippen LogP contribution in [-0.2, 0) is 20.8 Å². The van der Waals surface area contributed by atoms with E-state index < -0.39 is 0 Å². The zero-order valence-electron chi connectivity index (χ0n) is 17.2. The number of hydrogen-bond donors (Lipinski definition) is 0. The average molecular weight is 395 g/mol. The van der Waals surface area contributed by atoms with E-state index in [0.29, 0.717) is 31.0 Å². The van der Waals surface area contributed by atoms with Gasteiger partial charge in [0.25, 0.3) is 5.91 Å². The van der Waals surface area contributed by atoms with Gasteiger partial charge >= 0.3 is 0 Å². The lowest BCUT2D eigenvalue weighted by atomic mass is 9.86. The van der Waals surface area contributed by atoms with Gasteiger partial charge in [0.1, 0.15) is 6.10 Å². The minimum atomic E-state index is -0.307. The van der Waals surface area contributed by atoms with Crippen molar-refractivity contribution in [1.29, 1.82) is 0 Å². The molecule has 5 heteroatoms. The van der Waals surface area contributed by atoms with Crippen LogP contribution in [0, 0.1) is 18.8 Å². The van der Waals surface area contributed by atoms with Gasteiger partial charge in [-0.3, -0.25) is 9.78 Å². The van der Waals surface area contributed by atoms with Crippen LogP contribution >= 0.6 is 0 Å². The number of aryl methyl sites for hydroxylation is 1. The largest absolute Gasteiger partial charge is 0.381 e. The summed E-state index contributed by atoms with van der Waals surface area (Å²) in [5, 5.41) is 1.14. The van der Waals surface area contributed by atoms with Crippen LogP contribution in [0.25, 0.3) is 10.9 Å². The molecule has 5 nitrogen and oxygen atoms in total. The highest BCUT2D eigenvalue weighted by atomic mass is 16.5. The minimum absolute atomic E-state index is 0.185. The predicted molar refractivity (Wildman–Crippen MR) is 111 cm³/mol. The van der Waals surface area contributed by atoms with E-state index in [1.165, 1.54) is 18.4 Å². The summed E-state index contributed by atoms with van der Waals surface area (Å²) in [7, 11) is 0. The van der Waals surface area contributed by atoms with Crippen molar-refractivity contribution in [1.82, 2.24) is 9.88 Å². The van der Waals surface area contributed by atoms with Crippen LogP contribution in [0.15, 0.2) is 30.3 Å². The molecule has 3 fully saturated rings. The van der Waals surface area contributed by atoms with Crippen LogP contribution in [0.4, 0.5) is 0 Å². The molecule has 1 amide bonds. The van der Waals surface area contributed by atoms with Gasteiger partial charge < -0.3 is 14.4 Å². The summed E-state index contributed by atoms with van der Waals surface area (Å²) >= 11 is 0. The Bertz CT molecular complexity index is 893. The summed E-state index contributed by atoms with van der Waals surface area (Å²) in [6.07, 6.45) is 5.22. The van der Waals surface area contributed by atoms with Crippen molar-refractivity contribution < 1.29 is 14.3 Å². The number of amides is 1. The van der Waals surface area contributed by atoms with Crippen LogP contribution in [-0.4, -0.2) is 47.8 Å². The van der Waals surface area contributed by atoms with E-state index >= 15 is 0 Å². The summed E-state index contributed by atoms with van der Waals surface area (Å²) in [5.74, 6) is 0.855. The van der Waals surface area contributed by atoms with E-state index in [1.54, 1.807) is 0 Å². The highest BCUT2D eigenvalue weighted by Gasteiger charge is 2.45. The van der Waals surface area contributed by atoms with E-state index in [0.717, 1.165) is 49.1 Å². The standard InChI is InChI=1S/C24H30N2O3/c1-16-12-17(20-8-4-5-9-22(20)25-16)13-26(19-6-2-3-7-19)24(27)23-21-10-11-28-14-18(21)15-29-23/h4-5,8-9,12,18-19,21,23H,2-3,6-7,10-11,13-15H2,1H3/t18-,21-,23+/m0/s1. The molecule has 3 aliphatic rings. The zero-order valence-corrected chi connectivity index (χ0v) is 17.2. The SMILES string of the molecule is Cc1cc(CN(C(=O)[C@@H]2OC[C@@H]3COCC[C@@H]32)C2CCCC2)c2ccccc2n1. The summed E-state index contributed by atoms with van der Waals surface area (Å²) < 4.78 is 11.7. The number of pyridine rings is 1. The second-order valence-corrected chi connectivity index (χ2v) is 8.89. The average Bonchev–Trinajstić information content (AvgIpc) is 3.41. The summed E-state index contributed by atoms with van der Waals surface area (Å²) in [5.41, 5.74) is 3.19. The Labute approximate surface area is 172 Å². The topological polar surface area (TPSA) is 51.7 Å². The van der Waals surface area contributed by atoms with Crippen molar-refractivity contribution in [3.8, 4) is 0 Å². The maximum atomic E-state index is 13.8. The second-order valence-electron chi connectivity index (χ2n) is 8.89. The number of carbonyl (C=O) groups excluding carboxylic acids is 1. The van der Waals surface area contributed by atoms with Crippen molar-refractivity contribution >= 4 is 16.8 Å². The van der Waals surface area contributed by atoms with Crippen LogP contribution in [0.1, 0.15) is 43.4 Å². The van der Waals surface area contributed by atoms with E-state index in [2.05, 4.69) is 34.1 Å². The molecule has 0 bridgehead atoms. The third-order valence-electron chi connectivity index (χ3n) is 6.97. The van der Waals surface area contributed by atoms with Crippen molar-refractivity contribution in [2.24, 2.45) is 11.8 Å². The molecule has 29 heavy (non-hydrogen) atoms. The molecule has 0 unspecified atom stereocenters. The highest BCUT2D eigenvalue weighted by molar-refractivity contribution is 5.85. The Balaban J connectivity index is 1.46. The van der Waals surface area contributed by atoms with E-state index in [4.69, 9.17) is 9.47 Å². The fraction of sp³-hybridized carbons (Fsp3) is 0.583. The second kappa shape index (κ2) is 8.04. The van der Waals surface area contributed by atoms with Gasteiger partial charge in [0.05, 0.1) is 18.7 Å². The first-order valence-corrected chi connectivity index (χ1v) is 11.1. The molecule has 3 heterocycles. The van der Waals surface area contributed by atoms with Gasteiger partial charge in [0.2, 0.25) is 0 Å². The number of carbonyl (C=O) groups is 1. The van der Waals surface area contributed by atoms with Gasteiger partial charge in [-0.25, -0.2) is 0 Å². The van der Waals surface area contributed by atoms with Crippen LogP contribution in [0.3, 0.4) is 0 Å². The van der Waals surface area contributed by atoms with E-state index in [-0.39, 0.29) is 12.0 Å². The number of aromatic nitrogens is 1. The van der Waals surface area contributed by atoms with Crippen molar-refractivity contribution in [3.63, 3.8) is 0 Å². The fourth-order valence-corrected chi connectivity index (χ4v) is 5.46. The number of fused-ring (bicyclic) bond motifs is 2. The van der Waals surface area contributed by atoms with Crippen molar-refractivity contribution in [3.05, 3.63) is 41.6 Å².